The predicted molar refractivity (Wildman–Crippen MR) is 124 cm³/mol. The van der Waals surface area contributed by atoms with Crippen LogP contribution in [0.15, 0.2) is 81.3 Å². The van der Waals surface area contributed by atoms with E-state index < -0.39 is 31.4 Å². The van der Waals surface area contributed by atoms with Crippen LogP contribution in [0.1, 0.15) is 18.0 Å². The number of rotatable bonds is 5. The average Bonchev–Trinajstić information content (AvgIpc) is 2.81. The van der Waals surface area contributed by atoms with Crippen LogP contribution in [0.2, 0.25) is 0 Å². The summed E-state index contributed by atoms with van der Waals surface area (Å²) in [4.78, 5) is 13.1. The fraction of sp³-hybridized carbons (Fsp3) is 0.261. The zero-order valence-corrected chi connectivity index (χ0v) is 19.6. The van der Waals surface area contributed by atoms with Gasteiger partial charge in [-0.3, -0.25) is 9.52 Å². The Balaban J connectivity index is 1.44. The lowest BCUT2D eigenvalue weighted by atomic mass is 9.84. The minimum Gasteiger partial charge on any atom is -0.310 e. The molecule has 0 spiro atoms. The van der Waals surface area contributed by atoms with Crippen LogP contribution >= 0.6 is 0 Å². The molecule has 1 N–H and O–H groups in total. The Kier molecular flexibility index (Phi) is 5.58. The number of pyridine rings is 1. The van der Waals surface area contributed by atoms with Gasteiger partial charge in [-0.15, -0.1) is 0 Å². The van der Waals surface area contributed by atoms with E-state index in [0.717, 1.165) is 18.6 Å². The smallest absolute Gasteiger partial charge is 0.275 e. The Morgan fingerprint density at radius 1 is 0.853 bits per heavy atom. The molecule has 1 aromatic heterocycles. The topological polar surface area (TPSA) is 106 Å². The van der Waals surface area contributed by atoms with E-state index in [1.807, 2.05) is 0 Å². The molecule has 1 saturated heterocycles. The predicted octanol–water partition coefficient (Wildman–Crippen LogP) is 2.60. The van der Waals surface area contributed by atoms with Crippen molar-refractivity contribution in [3.8, 4) is 0 Å². The lowest BCUT2D eigenvalue weighted by molar-refractivity contribution is 0.186. The summed E-state index contributed by atoms with van der Waals surface area (Å²) in [5.41, 5.74) is 0.0243. The van der Waals surface area contributed by atoms with Crippen LogP contribution in [-0.4, -0.2) is 38.8 Å². The molecule has 1 fully saturated rings. The maximum absolute atomic E-state index is 13.5. The fourth-order valence-electron chi connectivity index (χ4n) is 4.76. The van der Waals surface area contributed by atoms with E-state index in [1.165, 1.54) is 27.1 Å². The maximum atomic E-state index is 13.5. The number of piperidine rings is 1. The first-order valence-electron chi connectivity index (χ1n) is 10.7. The molecule has 0 saturated carbocycles. The average molecular weight is 504 g/mol. The first-order valence-corrected chi connectivity index (χ1v) is 13.6. The Labute approximate surface area is 196 Å². The highest BCUT2D eigenvalue weighted by atomic mass is 32.2. The van der Waals surface area contributed by atoms with Crippen molar-refractivity contribution in [2.24, 2.45) is 5.92 Å². The van der Waals surface area contributed by atoms with E-state index in [4.69, 9.17) is 0 Å². The summed E-state index contributed by atoms with van der Waals surface area (Å²) in [6, 6.07) is 15.8. The van der Waals surface area contributed by atoms with Gasteiger partial charge < -0.3 is 4.57 Å². The lowest BCUT2D eigenvalue weighted by Gasteiger charge is -2.42. The highest BCUT2D eigenvalue weighted by molar-refractivity contribution is 7.92. The number of benzene rings is 2. The number of nitrogens with zero attached hydrogens (tertiary/aromatic N) is 2. The van der Waals surface area contributed by atoms with E-state index in [-0.39, 0.29) is 46.9 Å². The van der Waals surface area contributed by atoms with Crippen molar-refractivity contribution in [2.75, 3.05) is 17.8 Å². The second kappa shape index (κ2) is 8.33. The van der Waals surface area contributed by atoms with Gasteiger partial charge in [0, 0.05) is 31.2 Å². The number of sulfonamides is 2. The van der Waals surface area contributed by atoms with Gasteiger partial charge in [0.1, 0.15) is 11.5 Å². The Morgan fingerprint density at radius 3 is 2.32 bits per heavy atom. The molecule has 0 unspecified atom stereocenters. The highest BCUT2D eigenvalue weighted by Gasteiger charge is 2.39. The number of hydrogen-bond acceptors (Lipinski definition) is 5. The van der Waals surface area contributed by atoms with Gasteiger partial charge in [-0.1, -0.05) is 24.3 Å². The molecule has 2 bridgehead atoms. The van der Waals surface area contributed by atoms with Gasteiger partial charge >= 0.3 is 0 Å². The summed E-state index contributed by atoms with van der Waals surface area (Å²) in [6.07, 6.45) is 0.745. The van der Waals surface area contributed by atoms with Crippen molar-refractivity contribution >= 4 is 25.7 Å². The summed E-state index contributed by atoms with van der Waals surface area (Å²) in [5, 5.41) is 0. The quantitative estimate of drug-likeness (QED) is 0.576. The molecule has 8 nitrogen and oxygen atoms in total. The third-order valence-electron chi connectivity index (χ3n) is 6.30. The SMILES string of the molecule is O=c1c(NS(=O)(=O)c2cccc(F)c2)ccc2n1C[C@@H]1C[C@@H]2CN(S(=O)(=O)c2ccccc2)C1. The minimum absolute atomic E-state index is 0.0856. The fourth-order valence-corrected chi connectivity index (χ4v) is 7.43. The molecule has 0 aliphatic carbocycles. The van der Waals surface area contributed by atoms with Gasteiger partial charge in [0.05, 0.1) is 9.79 Å². The van der Waals surface area contributed by atoms with Crippen molar-refractivity contribution < 1.29 is 21.2 Å². The van der Waals surface area contributed by atoms with Crippen LogP contribution in [-0.2, 0) is 26.6 Å². The number of hydrogen-bond donors (Lipinski definition) is 1. The summed E-state index contributed by atoms with van der Waals surface area (Å²) in [5.74, 6) is -0.974. The summed E-state index contributed by atoms with van der Waals surface area (Å²) in [7, 11) is -7.81. The largest absolute Gasteiger partial charge is 0.310 e. The molecule has 2 aromatic carbocycles. The number of aromatic nitrogens is 1. The van der Waals surface area contributed by atoms with Crippen molar-refractivity contribution in [2.45, 2.75) is 28.7 Å². The standard InChI is InChI=1S/C23H22FN3O5S2/c24-18-5-4-8-20(12-18)33(29,30)25-21-9-10-22-17-11-16(14-27(22)23(21)28)13-26(15-17)34(31,32)19-6-2-1-3-7-19/h1-10,12,16-17,25H,11,13-15H2/t16-,17-/m1/s1. The van der Waals surface area contributed by atoms with E-state index in [2.05, 4.69) is 4.72 Å². The molecule has 3 aromatic rings. The van der Waals surface area contributed by atoms with Gasteiger partial charge in [0.2, 0.25) is 10.0 Å². The van der Waals surface area contributed by atoms with Gasteiger partial charge in [-0.05, 0) is 54.8 Å². The number of halogens is 1. The summed E-state index contributed by atoms with van der Waals surface area (Å²) < 4.78 is 70.3. The summed E-state index contributed by atoms with van der Waals surface area (Å²) >= 11 is 0. The molecular weight excluding hydrogens is 481 g/mol. The van der Waals surface area contributed by atoms with E-state index >= 15 is 0 Å². The third kappa shape index (κ3) is 4.04. The Hall–Kier alpha value is -3.02. The molecule has 11 heteroatoms. The zero-order chi connectivity index (χ0) is 24.1. The van der Waals surface area contributed by atoms with Crippen LogP contribution in [0.25, 0.3) is 0 Å². The molecule has 34 heavy (non-hydrogen) atoms. The molecule has 0 amide bonds. The number of nitrogens with one attached hydrogen (secondary N) is 1. The van der Waals surface area contributed by atoms with Gasteiger partial charge in [0.25, 0.3) is 15.6 Å². The van der Waals surface area contributed by atoms with Crippen LogP contribution in [0.4, 0.5) is 10.1 Å². The third-order valence-corrected chi connectivity index (χ3v) is 9.51. The van der Waals surface area contributed by atoms with Crippen LogP contribution in [0.3, 0.4) is 0 Å². The van der Waals surface area contributed by atoms with Crippen LogP contribution in [0.5, 0.6) is 0 Å². The molecule has 2 atom stereocenters. The van der Waals surface area contributed by atoms with E-state index in [1.54, 1.807) is 36.4 Å². The Bertz CT molecular complexity index is 1520. The van der Waals surface area contributed by atoms with Gasteiger partial charge in [-0.25, -0.2) is 21.2 Å². The normalized spacial score (nSPS) is 20.5. The molecule has 5 rings (SSSR count). The second-order valence-electron chi connectivity index (χ2n) is 8.58. The summed E-state index contributed by atoms with van der Waals surface area (Å²) in [6.45, 7) is 0.793. The van der Waals surface area contributed by atoms with E-state index in [0.29, 0.717) is 5.69 Å². The Morgan fingerprint density at radius 2 is 1.59 bits per heavy atom. The number of fused-ring (bicyclic) bond motifs is 4. The maximum Gasteiger partial charge on any atom is 0.275 e. The van der Waals surface area contributed by atoms with Gasteiger partial charge in [0.15, 0.2) is 0 Å². The van der Waals surface area contributed by atoms with Crippen molar-refractivity contribution in [1.29, 1.82) is 0 Å². The monoisotopic (exact) mass is 503 g/mol. The molecule has 0 radical (unpaired) electrons. The molecule has 3 heterocycles. The zero-order valence-electron chi connectivity index (χ0n) is 18.0. The first-order chi connectivity index (χ1) is 16.1. The van der Waals surface area contributed by atoms with Crippen LogP contribution in [0, 0.1) is 11.7 Å². The lowest BCUT2D eigenvalue weighted by Crippen LogP contribution is -2.49. The van der Waals surface area contributed by atoms with Crippen molar-refractivity contribution in [3.05, 3.63) is 88.6 Å². The molecular formula is C23H22FN3O5S2. The highest BCUT2D eigenvalue weighted by Crippen LogP contribution is 2.37. The van der Waals surface area contributed by atoms with Crippen LogP contribution < -0.4 is 10.3 Å². The van der Waals surface area contributed by atoms with Gasteiger partial charge in [-0.2, -0.15) is 4.31 Å². The molecule has 2 aliphatic heterocycles. The second-order valence-corrected chi connectivity index (χ2v) is 12.2. The minimum atomic E-state index is -4.15. The van der Waals surface area contributed by atoms with Crippen molar-refractivity contribution in [3.63, 3.8) is 0 Å². The molecule has 178 valence electrons. The van der Waals surface area contributed by atoms with Crippen molar-refractivity contribution in [1.82, 2.24) is 8.87 Å². The first kappa shape index (κ1) is 22.8. The number of anilines is 1. The van der Waals surface area contributed by atoms with E-state index in [9.17, 15) is 26.0 Å². The molecule has 2 aliphatic rings.